The zero-order valence-corrected chi connectivity index (χ0v) is 14.6. The fraction of sp³-hybridized carbons (Fsp3) is 0.0500. The Morgan fingerprint density at radius 3 is 2.38 bits per heavy atom. The summed E-state index contributed by atoms with van der Waals surface area (Å²) >= 11 is 11.4. The molecule has 0 spiro atoms. The minimum Gasteiger partial charge on any atom is -0.332 e. The number of thiocarbonyl (C=S) groups is 1. The minimum atomic E-state index is 0.540. The molecule has 120 valence electrons. The monoisotopic (exact) mass is 352 g/mol. The molecule has 0 saturated carbocycles. The Kier molecular flexibility index (Phi) is 5.47. The molecule has 0 aromatic heterocycles. The Bertz CT molecular complexity index is 834. The molecule has 3 aromatic rings. The van der Waals surface area contributed by atoms with Gasteiger partial charge in [-0.2, -0.15) is 0 Å². The van der Waals surface area contributed by atoms with Gasteiger partial charge < -0.3 is 10.6 Å². The molecule has 0 bridgehead atoms. The molecule has 0 unspecified atom stereocenters. The molecule has 0 saturated heterocycles. The van der Waals surface area contributed by atoms with Crippen molar-refractivity contribution in [1.29, 1.82) is 0 Å². The van der Waals surface area contributed by atoms with Crippen LogP contribution in [0, 0.1) is 0 Å². The van der Waals surface area contributed by atoms with Crippen LogP contribution in [-0.4, -0.2) is 5.11 Å². The lowest BCUT2D eigenvalue weighted by Gasteiger charge is -2.14. The van der Waals surface area contributed by atoms with Gasteiger partial charge >= 0.3 is 0 Å². The van der Waals surface area contributed by atoms with Crippen molar-refractivity contribution in [1.82, 2.24) is 0 Å². The Labute approximate surface area is 152 Å². The van der Waals surface area contributed by atoms with Gasteiger partial charge in [0.1, 0.15) is 0 Å². The number of para-hydroxylation sites is 1. The van der Waals surface area contributed by atoms with E-state index in [1.165, 1.54) is 11.1 Å². The molecule has 2 nitrogen and oxygen atoms in total. The van der Waals surface area contributed by atoms with Crippen molar-refractivity contribution in [2.45, 2.75) is 6.42 Å². The van der Waals surface area contributed by atoms with E-state index in [0.29, 0.717) is 10.1 Å². The Hall–Kier alpha value is -2.36. The van der Waals surface area contributed by atoms with Crippen molar-refractivity contribution >= 4 is 40.3 Å². The quantitative estimate of drug-likeness (QED) is 0.585. The van der Waals surface area contributed by atoms with Gasteiger partial charge in [-0.3, -0.25) is 0 Å². The van der Waals surface area contributed by atoms with Crippen LogP contribution in [0.3, 0.4) is 0 Å². The Morgan fingerprint density at radius 1 is 0.833 bits per heavy atom. The molecule has 0 aliphatic heterocycles. The molecule has 0 aliphatic rings. The highest BCUT2D eigenvalue weighted by Gasteiger charge is 2.05. The molecule has 0 aliphatic carbocycles. The molecule has 0 radical (unpaired) electrons. The summed E-state index contributed by atoms with van der Waals surface area (Å²) < 4.78 is 0. The second-order valence-corrected chi connectivity index (χ2v) is 6.25. The van der Waals surface area contributed by atoms with Crippen LogP contribution in [0.1, 0.15) is 11.1 Å². The molecule has 0 heterocycles. The number of benzene rings is 3. The molecule has 0 amide bonds. The van der Waals surface area contributed by atoms with Gasteiger partial charge in [0.25, 0.3) is 0 Å². The van der Waals surface area contributed by atoms with Crippen molar-refractivity contribution in [2.75, 3.05) is 10.6 Å². The largest absolute Gasteiger partial charge is 0.332 e. The summed E-state index contributed by atoms with van der Waals surface area (Å²) in [6.07, 6.45) is 0.851. The van der Waals surface area contributed by atoms with Crippen LogP contribution in [0.5, 0.6) is 0 Å². The van der Waals surface area contributed by atoms with E-state index in [2.05, 4.69) is 41.0 Å². The summed E-state index contributed by atoms with van der Waals surface area (Å²) in [6.45, 7) is 0. The number of anilines is 2. The zero-order chi connectivity index (χ0) is 16.8. The van der Waals surface area contributed by atoms with Crippen molar-refractivity contribution in [2.24, 2.45) is 0 Å². The number of hydrogen-bond acceptors (Lipinski definition) is 1. The van der Waals surface area contributed by atoms with Crippen LogP contribution in [0.4, 0.5) is 11.4 Å². The van der Waals surface area contributed by atoms with Crippen LogP contribution in [0.25, 0.3) is 0 Å². The minimum absolute atomic E-state index is 0.540. The predicted molar refractivity (Wildman–Crippen MR) is 107 cm³/mol. The SMILES string of the molecule is S=C(Nc1cccc(Cl)c1)Nc1ccccc1Cc1ccccc1. The topological polar surface area (TPSA) is 24.1 Å². The van der Waals surface area contributed by atoms with E-state index < -0.39 is 0 Å². The van der Waals surface area contributed by atoms with Gasteiger partial charge in [-0.25, -0.2) is 0 Å². The van der Waals surface area contributed by atoms with Gasteiger partial charge in [-0.1, -0.05) is 66.2 Å². The first-order chi connectivity index (χ1) is 11.7. The van der Waals surface area contributed by atoms with Crippen molar-refractivity contribution < 1.29 is 0 Å². The highest BCUT2D eigenvalue weighted by atomic mass is 35.5. The zero-order valence-electron chi connectivity index (χ0n) is 13.0. The van der Waals surface area contributed by atoms with Crippen LogP contribution < -0.4 is 10.6 Å². The maximum absolute atomic E-state index is 6.00. The Balaban J connectivity index is 1.72. The molecule has 3 aromatic carbocycles. The molecule has 2 N–H and O–H groups in total. The Morgan fingerprint density at radius 2 is 1.58 bits per heavy atom. The maximum Gasteiger partial charge on any atom is 0.175 e. The summed E-state index contributed by atoms with van der Waals surface area (Å²) in [7, 11) is 0. The molecular formula is C20H17ClN2S. The van der Waals surface area contributed by atoms with Crippen LogP contribution >= 0.6 is 23.8 Å². The van der Waals surface area contributed by atoms with Crippen molar-refractivity contribution in [3.63, 3.8) is 0 Å². The van der Waals surface area contributed by atoms with E-state index in [9.17, 15) is 0 Å². The van der Waals surface area contributed by atoms with Gasteiger partial charge in [-0.05, 0) is 54.0 Å². The maximum atomic E-state index is 6.00. The first-order valence-electron chi connectivity index (χ1n) is 7.66. The fourth-order valence-electron chi connectivity index (χ4n) is 2.46. The molecule has 4 heteroatoms. The van der Waals surface area contributed by atoms with Crippen LogP contribution in [-0.2, 0) is 6.42 Å². The highest BCUT2D eigenvalue weighted by Crippen LogP contribution is 2.20. The first-order valence-corrected chi connectivity index (χ1v) is 8.45. The van der Waals surface area contributed by atoms with E-state index in [0.717, 1.165) is 17.8 Å². The first kappa shape index (κ1) is 16.5. The van der Waals surface area contributed by atoms with Gasteiger partial charge in [0, 0.05) is 16.4 Å². The predicted octanol–water partition coefficient (Wildman–Crippen LogP) is 5.74. The fourth-order valence-corrected chi connectivity index (χ4v) is 2.88. The normalized spacial score (nSPS) is 10.2. The van der Waals surface area contributed by atoms with E-state index >= 15 is 0 Å². The lowest BCUT2D eigenvalue weighted by atomic mass is 10.0. The lowest BCUT2D eigenvalue weighted by molar-refractivity contribution is 1.19. The smallest absolute Gasteiger partial charge is 0.175 e. The lowest BCUT2D eigenvalue weighted by Crippen LogP contribution is -2.19. The van der Waals surface area contributed by atoms with E-state index in [4.69, 9.17) is 23.8 Å². The molecular weight excluding hydrogens is 336 g/mol. The van der Waals surface area contributed by atoms with Crippen LogP contribution in [0.2, 0.25) is 5.02 Å². The van der Waals surface area contributed by atoms with E-state index in [1.807, 2.05) is 48.5 Å². The van der Waals surface area contributed by atoms with Crippen molar-refractivity contribution in [3.8, 4) is 0 Å². The molecule has 0 fully saturated rings. The number of hydrogen-bond donors (Lipinski definition) is 2. The summed E-state index contributed by atoms with van der Waals surface area (Å²) in [6, 6.07) is 26.0. The third kappa shape index (κ3) is 4.57. The number of nitrogens with one attached hydrogen (secondary N) is 2. The number of halogens is 1. The van der Waals surface area contributed by atoms with Gasteiger partial charge in [0.2, 0.25) is 0 Å². The summed E-state index contributed by atoms with van der Waals surface area (Å²) in [5.41, 5.74) is 4.32. The average molecular weight is 353 g/mol. The van der Waals surface area contributed by atoms with E-state index in [1.54, 1.807) is 0 Å². The third-order valence-corrected chi connectivity index (χ3v) is 4.02. The second kappa shape index (κ2) is 7.95. The standard InChI is InChI=1S/C20H17ClN2S/c21-17-10-6-11-18(14-17)22-20(24)23-19-12-5-4-9-16(19)13-15-7-2-1-3-8-15/h1-12,14H,13H2,(H2,22,23,24). The van der Waals surface area contributed by atoms with E-state index in [-0.39, 0.29) is 0 Å². The molecule has 24 heavy (non-hydrogen) atoms. The summed E-state index contributed by atoms with van der Waals surface area (Å²) in [5, 5.41) is 7.65. The summed E-state index contributed by atoms with van der Waals surface area (Å²) in [4.78, 5) is 0. The third-order valence-electron chi connectivity index (χ3n) is 3.59. The van der Waals surface area contributed by atoms with Crippen molar-refractivity contribution in [3.05, 3.63) is 95.0 Å². The number of rotatable bonds is 4. The average Bonchev–Trinajstić information content (AvgIpc) is 2.57. The molecule has 0 atom stereocenters. The van der Waals surface area contributed by atoms with Gasteiger partial charge in [0.15, 0.2) is 5.11 Å². The van der Waals surface area contributed by atoms with Crippen LogP contribution in [0.15, 0.2) is 78.9 Å². The summed E-state index contributed by atoms with van der Waals surface area (Å²) in [5.74, 6) is 0. The highest BCUT2D eigenvalue weighted by molar-refractivity contribution is 7.80. The second-order valence-electron chi connectivity index (χ2n) is 5.41. The van der Waals surface area contributed by atoms with Gasteiger partial charge in [-0.15, -0.1) is 0 Å². The molecule has 3 rings (SSSR count). The van der Waals surface area contributed by atoms with Gasteiger partial charge in [0.05, 0.1) is 0 Å².